The average Bonchev–Trinajstić information content (AvgIpc) is 2.33. The van der Waals surface area contributed by atoms with Gasteiger partial charge in [-0.1, -0.05) is 25.1 Å². The number of nitrogens with zero attached hydrogens (tertiary/aromatic N) is 2. The minimum atomic E-state index is 0.535. The van der Waals surface area contributed by atoms with Crippen molar-refractivity contribution in [1.82, 2.24) is 0 Å². The minimum absolute atomic E-state index is 0.535. The van der Waals surface area contributed by atoms with Gasteiger partial charge in [-0.2, -0.15) is 0 Å². The summed E-state index contributed by atoms with van der Waals surface area (Å²) in [5.41, 5.74) is 3.40. The first-order chi connectivity index (χ1) is 7.81. The molecule has 1 aromatic carbocycles. The van der Waals surface area contributed by atoms with Crippen molar-refractivity contribution in [2.24, 2.45) is 15.9 Å². The molecule has 0 aromatic heterocycles. The maximum Gasteiger partial charge on any atom is 0.0648 e. The lowest BCUT2D eigenvalue weighted by Gasteiger charge is -2.22. The van der Waals surface area contributed by atoms with E-state index in [2.05, 4.69) is 11.9 Å². The summed E-state index contributed by atoms with van der Waals surface area (Å²) in [6.45, 7) is 2.24. The van der Waals surface area contributed by atoms with Gasteiger partial charge in [-0.3, -0.25) is 9.98 Å². The third kappa shape index (κ3) is 2.38. The van der Waals surface area contributed by atoms with Gasteiger partial charge < -0.3 is 0 Å². The molecular formula is C14H18N2. The molecule has 0 bridgehead atoms. The summed E-state index contributed by atoms with van der Waals surface area (Å²) in [6.07, 6.45) is 3.54. The first-order valence-electron chi connectivity index (χ1n) is 5.91. The lowest BCUT2D eigenvalue weighted by atomic mass is 9.87. The van der Waals surface area contributed by atoms with Gasteiger partial charge in [0, 0.05) is 13.0 Å². The van der Waals surface area contributed by atoms with Crippen molar-refractivity contribution in [3.05, 3.63) is 30.3 Å². The highest BCUT2D eigenvalue weighted by molar-refractivity contribution is 6.43. The molecule has 2 heteroatoms. The number of hydrogen-bond donors (Lipinski definition) is 0. The molecule has 0 radical (unpaired) electrons. The smallest absolute Gasteiger partial charge is 0.0648 e. The topological polar surface area (TPSA) is 24.7 Å². The molecule has 1 unspecified atom stereocenters. The summed E-state index contributed by atoms with van der Waals surface area (Å²) in [4.78, 5) is 9.10. The highest BCUT2D eigenvalue weighted by Gasteiger charge is 2.21. The van der Waals surface area contributed by atoms with Gasteiger partial charge in [0.05, 0.1) is 17.1 Å². The van der Waals surface area contributed by atoms with Gasteiger partial charge in [-0.25, -0.2) is 0 Å². The van der Waals surface area contributed by atoms with Gasteiger partial charge >= 0.3 is 0 Å². The van der Waals surface area contributed by atoms with E-state index in [4.69, 9.17) is 4.99 Å². The van der Waals surface area contributed by atoms with Crippen LogP contribution >= 0.6 is 0 Å². The van der Waals surface area contributed by atoms with Crippen LogP contribution < -0.4 is 0 Å². The zero-order valence-electron chi connectivity index (χ0n) is 9.98. The molecule has 1 saturated carbocycles. The number of benzene rings is 1. The molecular weight excluding hydrogens is 196 g/mol. The Morgan fingerprint density at radius 1 is 1.19 bits per heavy atom. The van der Waals surface area contributed by atoms with Gasteiger partial charge in [0.25, 0.3) is 0 Å². The van der Waals surface area contributed by atoms with Gasteiger partial charge in [0.1, 0.15) is 0 Å². The van der Waals surface area contributed by atoms with E-state index in [1.807, 2.05) is 37.4 Å². The van der Waals surface area contributed by atoms with Crippen molar-refractivity contribution in [3.8, 4) is 0 Å². The summed E-state index contributed by atoms with van der Waals surface area (Å²) in [5.74, 6) is 0.535. The SMILES string of the molecule is CN=C1CCCC(C)C1=Nc1ccccc1. The summed E-state index contributed by atoms with van der Waals surface area (Å²) in [7, 11) is 1.87. The summed E-state index contributed by atoms with van der Waals surface area (Å²) in [6, 6.07) is 10.2. The van der Waals surface area contributed by atoms with Crippen molar-refractivity contribution >= 4 is 17.1 Å². The molecule has 0 heterocycles. The molecule has 1 aliphatic rings. The van der Waals surface area contributed by atoms with Crippen molar-refractivity contribution in [2.45, 2.75) is 26.2 Å². The second kappa shape index (κ2) is 5.06. The quantitative estimate of drug-likeness (QED) is 0.681. The normalized spacial score (nSPS) is 26.2. The highest BCUT2D eigenvalue weighted by Crippen LogP contribution is 2.23. The lowest BCUT2D eigenvalue weighted by molar-refractivity contribution is 0.633. The Morgan fingerprint density at radius 3 is 2.62 bits per heavy atom. The molecule has 1 fully saturated rings. The Morgan fingerprint density at radius 2 is 1.94 bits per heavy atom. The molecule has 1 aliphatic carbocycles. The van der Waals surface area contributed by atoms with E-state index in [1.165, 1.54) is 24.3 Å². The Balaban J connectivity index is 2.32. The Labute approximate surface area is 97.1 Å². The maximum absolute atomic E-state index is 4.74. The van der Waals surface area contributed by atoms with Crippen molar-refractivity contribution < 1.29 is 0 Å². The van der Waals surface area contributed by atoms with Crippen LogP contribution in [-0.4, -0.2) is 18.5 Å². The molecule has 84 valence electrons. The Bertz CT molecular complexity index is 404. The largest absolute Gasteiger partial charge is 0.291 e. The van der Waals surface area contributed by atoms with Gasteiger partial charge in [-0.15, -0.1) is 0 Å². The fraction of sp³-hybridized carbons (Fsp3) is 0.429. The van der Waals surface area contributed by atoms with E-state index in [-0.39, 0.29) is 0 Å². The van der Waals surface area contributed by atoms with Crippen molar-refractivity contribution in [1.29, 1.82) is 0 Å². The van der Waals surface area contributed by atoms with Crippen LogP contribution in [-0.2, 0) is 0 Å². The predicted molar refractivity (Wildman–Crippen MR) is 69.9 cm³/mol. The summed E-state index contributed by atoms with van der Waals surface area (Å²) < 4.78 is 0. The van der Waals surface area contributed by atoms with Crippen molar-refractivity contribution in [3.63, 3.8) is 0 Å². The van der Waals surface area contributed by atoms with E-state index >= 15 is 0 Å². The molecule has 0 N–H and O–H groups in total. The summed E-state index contributed by atoms with van der Waals surface area (Å²) >= 11 is 0. The zero-order valence-corrected chi connectivity index (χ0v) is 9.98. The van der Waals surface area contributed by atoms with Gasteiger partial charge in [0.15, 0.2) is 0 Å². The van der Waals surface area contributed by atoms with Crippen LogP contribution in [0, 0.1) is 5.92 Å². The second-order valence-corrected chi connectivity index (χ2v) is 4.30. The molecule has 2 rings (SSSR count). The standard InChI is InChI=1S/C14H18N2/c1-11-7-6-10-13(15-2)14(11)16-12-8-4-3-5-9-12/h3-5,8-9,11H,6-7,10H2,1-2H3. The zero-order chi connectivity index (χ0) is 11.4. The Kier molecular flexibility index (Phi) is 3.50. The molecule has 1 atom stereocenters. The van der Waals surface area contributed by atoms with E-state index < -0.39 is 0 Å². The lowest BCUT2D eigenvalue weighted by Crippen LogP contribution is -2.26. The first-order valence-corrected chi connectivity index (χ1v) is 5.91. The maximum atomic E-state index is 4.74. The van der Waals surface area contributed by atoms with E-state index in [0.717, 1.165) is 12.1 Å². The van der Waals surface area contributed by atoms with Crippen LogP contribution in [0.3, 0.4) is 0 Å². The second-order valence-electron chi connectivity index (χ2n) is 4.30. The van der Waals surface area contributed by atoms with Gasteiger partial charge in [-0.05, 0) is 31.4 Å². The Hall–Kier alpha value is -1.44. The van der Waals surface area contributed by atoms with Crippen LogP contribution in [0.5, 0.6) is 0 Å². The number of rotatable bonds is 1. The fourth-order valence-corrected chi connectivity index (χ4v) is 2.17. The monoisotopic (exact) mass is 214 g/mol. The molecule has 0 amide bonds. The molecule has 0 saturated heterocycles. The number of para-hydroxylation sites is 1. The molecule has 0 aliphatic heterocycles. The van der Waals surface area contributed by atoms with E-state index in [0.29, 0.717) is 5.92 Å². The predicted octanol–water partition coefficient (Wildman–Crippen LogP) is 3.65. The summed E-state index contributed by atoms with van der Waals surface area (Å²) in [5, 5.41) is 0. The van der Waals surface area contributed by atoms with E-state index in [9.17, 15) is 0 Å². The first kappa shape index (κ1) is 11.1. The van der Waals surface area contributed by atoms with Crippen LogP contribution in [0.25, 0.3) is 0 Å². The minimum Gasteiger partial charge on any atom is -0.291 e. The molecule has 1 aromatic rings. The third-order valence-electron chi connectivity index (χ3n) is 3.09. The van der Waals surface area contributed by atoms with Crippen LogP contribution in [0.1, 0.15) is 26.2 Å². The number of hydrogen-bond acceptors (Lipinski definition) is 2. The van der Waals surface area contributed by atoms with Crippen LogP contribution in [0.2, 0.25) is 0 Å². The van der Waals surface area contributed by atoms with E-state index in [1.54, 1.807) is 0 Å². The average molecular weight is 214 g/mol. The third-order valence-corrected chi connectivity index (χ3v) is 3.09. The fourth-order valence-electron chi connectivity index (χ4n) is 2.17. The number of aliphatic imine (C=N–C) groups is 2. The van der Waals surface area contributed by atoms with Crippen LogP contribution in [0.15, 0.2) is 40.3 Å². The molecule has 16 heavy (non-hydrogen) atoms. The molecule has 0 spiro atoms. The van der Waals surface area contributed by atoms with Crippen molar-refractivity contribution in [2.75, 3.05) is 7.05 Å². The van der Waals surface area contributed by atoms with Crippen LogP contribution in [0.4, 0.5) is 5.69 Å². The highest BCUT2D eigenvalue weighted by atomic mass is 14.8. The molecule has 2 nitrogen and oxygen atoms in total. The van der Waals surface area contributed by atoms with Gasteiger partial charge in [0.2, 0.25) is 0 Å².